The summed E-state index contributed by atoms with van der Waals surface area (Å²) in [5.74, 6) is 2.51. The summed E-state index contributed by atoms with van der Waals surface area (Å²) in [6, 6.07) is 14.5. The highest BCUT2D eigenvalue weighted by Gasteiger charge is 2.21. The minimum atomic E-state index is 0. The second kappa shape index (κ2) is 13.4. The number of ether oxygens (including phenoxy) is 3. The predicted octanol–water partition coefficient (Wildman–Crippen LogP) is 4.25. The molecule has 1 heterocycles. The largest absolute Gasteiger partial charge is 0.493 e. The highest BCUT2D eigenvalue weighted by Crippen LogP contribution is 2.33. The standard InChI is InChI=1S/C24H33N3O3.HI/c1-25-24(26-12-7-8-14-30-18-19-9-5-4-6-10-19)27-13-11-20-15-22(28-2)23(29-3)16-21(20)17-27;/h4-6,9-10,15-16H,7-8,11-14,17-18H2,1-3H3,(H,25,26);1H. The Hall–Kier alpha value is -2.00. The normalized spacial score (nSPS) is 13.3. The van der Waals surface area contributed by atoms with Gasteiger partial charge < -0.3 is 24.4 Å². The number of guanidine groups is 1. The number of nitrogens with one attached hydrogen (secondary N) is 1. The Balaban J connectivity index is 0.00000341. The van der Waals surface area contributed by atoms with Crippen LogP contribution in [0, 0.1) is 0 Å². The Kier molecular flexibility index (Phi) is 10.9. The molecular weight excluding hydrogens is 505 g/mol. The fraction of sp³-hybridized carbons (Fsp3) is 0.458. The number of nitrogens with zero attached hydrogens (tertiary/aromatic N) is 2. The lowest BCUT2D eigenvalue weighted by Gasteiger charge is -2.32. The Bertz CT molecular complexity index is 830. The van der Waals surface area contributed by atoms with E-state index in [1.807, 2.05) is 25.2 Å². The number of rotatable bonds is 9. The first-order chi connectivity index (χ1) is 14.7. The van der Waals surface area contributed by atoms with E-state index in [-0.39, 0.29) is 24.0 Å². The molecule has 31 heavy (non-hydrogen) atoms. The van der Waals surface area contributed by atoms with Crippen LogP contribution in [0.25, 0.3) is 0 Å². The van der Waals surface area contributed by atoms with E-state index < -0.39 is 0 Å². The quantitative estimate of drug-likeness (QED) is 0.224. The Morgan fingerprint density at radius 1 is 1.03 bits per heavy atom. The van der Waals surface area contributed by atoms with E-state index in [0.717, 1.165) is 63.0 Å². The van der Waals surface area contributed by atoms with Crippen molar-refractivity contribution in [2.24, 2.45) is 4.99 Å². The fourth-order valence-electron chi connectivity index (χ4n) is 3.69. The van der Waals surface area contributed by atoms with Crippen LogP contribution in [-0.2, 0) is 24.3 Å². The zero-order chi connectivity index (χ0) is 21.2. The van der Waals surface area contributed by atoms with Crippen molar-refractivity contribution in [3.63, 3.8) is 0 Å². The number of hydrogen-bond acceptors (Lipinski definition) is 4. The third-order valence-electron chi connectivity index (χ3n) is 5.34. The molecule has 0 saturated heterocycles. The molecule has 0 bridgehead atoms. The van der Waals surface area contributed by atoms with Gasteiger partial charge in [-0.1, -0.05) is 30.3 Å². The van der Waals surface area contributed by atoms with Gasteiger partial charge in [-0.05, 0) is 48.1 Å². The van der Waals surface area contributed by atoms with Gasteiger partial charge in [-0.25, -0.2) is 0 Å². The van der Waals surface area contributed by atoms with Crippen molar-refractivity contribution in [3.05, 3.63) is 59.2 Å². The highest BCUT2D eigenvalue weighted by atomic mass is 127. The molecule has 3 rings (SSSR count). The van der Waals surface area contributed by atoms with E-state index in [0.29, 0.717) is 6.61 Å². The van der Waals surface area contributed by atoms with Crippen LogP contribution in [0.3, 0.4) is 0 Å². The van der Waals surface area contributed by atoms with E-state index in [9.17, 15) is 0 Å². The van der Waals surface area contributed by atoms with Crippen molar-refractivity contribution in [1.82, 2.24) is 10.2 Å². The maximum absolute atomic E-state index is 5.76. The van der Waals surface area contributed by atoms with Crippen molar-refractivity contribution in [1.29, 1.82) is 0 Å². The summed E-state index contributed by atoms with van der Waals surface area (Å²) >= 11 is 0. The second-order valence-electron chi connectivity index (χ2n) is 7.37. The third-order valence-corrected chi connectivity index (χ3v) is 5.34. The first-order valence-corrected chi connectivity index (χ1v) is 10.6. The Labute approximate surface area is 203 Å². The molecule has 0 spiro atoms. The van der Waals surface area contributed by atoms with Gasteiger partial charge in [0.15, 0.2) is 17.5 Å². The average molecular weight is 539 g/mol. The van der Waals surface area contributed by atoms with Crippen LogP contribution in [0.1, 0.15) is 29.5 Å². The topological polar surface area (TPSA) is 55.3 Å². The summed E-state index contributed by atoms with van der Waals surface area (Å²) in [7, 11) is 5.20. The second-order valence-corrected chi connectivity index (χ2v) is 7.37. The van der Waals surface area contributed by atoms with Crippen molar-refractivity contribution in [2.45, 2.75) is 32.4 Å². The van der Waals surface area contributed by atoms with Crippen molar-refractivity contribution in [2.75, 3.05) is 41.0 Å². The zero-order valence-electron chi connectivity index (χ0n) is 18.7. The lowest BCUT2D eigenvalue weighted by molar-refractivity contribution is 0.117. The molecule has 0 atom stereocenters. The molecule has 170 valence electrons. The summed E-state index contributed by atoms with van der Waals surface area (Å²) in [5, 5.41) is 3.49. The molecule has 0 amide bonds. The van der Waals surface area contributed by atoms with E-state index in [4.69, 9.17) is 14.2 Å². The van der Waals surface area contributed by atoms with Gasteiger partial charge >= 0.3 is 0 Å². The maximum atomic E-state index is 5.76. The molecule has 6 nitrogen and oxygen atoms in total. The number of aliphatic imine (C=N–C) groups is 1. The summed E-state index contributed by atoms with van der Waals surface area (Å²) in [5.41, 5.74) is 3.79. The minimum Gasteiger partial charge on any atom is -0.493 e. The molecule has 1 N–H and O–H groups in total. The van der Waals surface area contributed by atoms with Crippen LogP contribution >= 0.6 is 24.0 Å². The number of hydrogen-bond donors (Lipinski definition) is 1. The van der Waals surface area contributed by atoms with Crippen LogP contribution < -0.4 is 14.8 Å². The number of benzene rings is 2. The molecule has 1 aliphatic rings. The Morgan fingerprint density at radius 2 is 1.74 bits per heavy atom. The lowest BCUT2D eigenvalue weighted by atomic mass is 9.99. The molecule has 0 aromatic heterocycles. The molecule has 2 aromatic rings. The van der Waals surface area contributed by atoms with E-state index >= 15 is 0 Å². The predicted molar refractivity (Wildman–Crippen MR) is 136 cm³/mol. The van der Waals surface area contributed by atoms with Gasteiger partial charge in [-0.15, -0.1) is 24.0 Å². The molecule has 0 fully saturated rings. The van der Waals surface area contributed by atoms with Crippen LogP contribution in [0.15, 0.2) is 47.5 Å². The maximum Gasteiger partial charge on any atom is 0.193 e. The summed E-state index contributed by atoms with van der Waals surface area (Å²) in [4.78, 5) is 6.77. The summed E-state index contributed by atoms with van der Waals surface area (Å²) in [6.45, 7) is 4.08. The van der Waals surface area contributed by atoms with Crippen LogP contribution in [0.4, 0.5) is 0 Å². The zero-order valence-corrected chi connectivity index (χ0v) is 21.1. The van der Waals surface area contributed by atoms with Crippen LogP contribution in [0.5, 0.6) is 11.5 Å². The first kappa shape index (κ1) is 25.3. The lowest BCUT2D eigenvalue weighted by Crippen LogP contribution is -2.44. The van der Waals surface area contributed by atoms with E-state index in [1.165, 1.54) is 16.7 Å². The first-order valence-electron chi connectivity index (χ1n) is 10.6. The monoisotopic (exact) mass is 539 g/mol. The molecule has 0 radical (unpaired) electrons. The molecule has 0 aliphatic carbocycles. The molecule has 0 unspecified atom stereocenters. The van der Waals surface area contributed by atoms with Crippen LogP contribution in [-0.4, -0.2) is 51.8 Å². The number of fused-ring (bicyclic) bond motifs is 1. The number of methoxy groups -OCH3 is 2. The number of unbranched alkanes of at least 4 members (excludes halogenated alkanes) is 1. The fourth-order valence-corrected chi connectivity index (χ4v) is 3.69. The molecule has 7 heteroatoms. The van der Waals surface area contributed by atoms with Gasteiger partial charge in [0, 0.05) is 33.3 Å². The SMILES string of the molecule is CN=C(NCCCCOCc1ccccc1)N1CCc2cc(OC)c(OC)cc2C1.I. The van der Waals surface area contributed by atoms with Gasteiger partial charge in [-0.2, -0.15) is 0 Å². The average Bonchev–Trinajstić information content (AvgIpc) is 2.80. The third kappa shape index (κ3) is 7.28. The Morgan fingerprint density at radius 3 is 2.42 bits per heavy atom. The van der Waals surface area contributed by atoms with Crippen molar-refractivity contribution < 1.29 is 14.2 Å². The summed E-state index contributed by atoms with van der Waals surface area (Å²) < 4.78 is 16.7. The van der Waals surface area contributed by atoms with Gasteiger partial charge in [0.25, 0.3) is 0 Å². The number of halogens is 1. The van der Waals surface area contributed by atoms with E-state index in [1.54, 1.807) is 14.2 Å². The van der Waals surface area contributed by atoms with Gasteiger partial charge in [0.05, 0.1) is 20.8 Å². The summed E-state index contributed by atoms with van der Waals surface area (Å²) in [6.07, 6.45) is 3.03. The van der Waals surface area contributed by atoms with Crippen LogP contribution in [0.2, 0.25) is 0 Å². The molecular formula is C24H34IN3O3. The minimum absolute atomic E-state index is 0. The van der Waals surface area contributed by atoms with Crippen molar-refractivity contribution >= 4 is 29.9 Å². The van der Waals surface area contributed by atoms with Gasteiger partial charge in [-0.3, -0.25) is 4.99 Å². The molecule has 1 aliphatic heterocycles. The van der Waals surface area contributed by atoms with Gasteiger partial charge in [0.1, 0.15) is 0 Å². The highest BCUT2D eigenvalue weighted by molar-refractivity contribution is 14.0. The molecule has 2 aromatic carbocycles. The van der Waals surface area contributed by atoms with Crippen molar-refractivity contribution in [3.8, 4) is 11.5 Å². The van der Waals surface area contributed by atoms with E-state index in [2.05, 4.69) is 39.5 Å². The van der Waals surface area contributed by atoms with Gasteiger partial charge in [0.2, 0.25) is 0 Å². The molecule has 0 saturated carbocycles. The smallest absolute Gasteiger partial charge is 0.193 e.